The summed E-state index contributed by atoms with van der Waals surface area (Å²) in [5.41, 5.74) is 2.71. The maximum atomic E-state index is 5.34. The first-order valence-corrected chi connectivity index (χ1v) is 5.02. The minimum atomic E-state index is 0.288. The zero-order valence-electron chi connectivity index (χ0n) is 8.88. The van der Waals surface area contributed by atoms with E-state index >= 15 is 0 Å². The van der Waals surface area contributed by atoms with Crippen molar-refractivity contribution in [2.45, 2.75) is 25.8 Å². The Labute approximate surface area is 86.5 Å². The SMILES string of the molecule is C#CCC(NC)c1ccccc1CC. The van der Waals surface area contributed by atoms with E-state index in [2.05, 4.69) is 42.4 Å². The van der Waals surface area contributed by atoms with E-state index < -0.39 is 0 Å². The molecule has 1 N–H and O–H groups in total. The molecular weight excluding hydrogens is 170 g/mol. The van der Waals surface area contributed by atoms with E-state index in [-0.39, 0.29) is 6.04 Å². The van der Waals surface area contributed by atoms with E-state index in [4.69, 9.17) is 6.42 Å². The fourth-order valence-corrected chi connectivity index (χ4v) is 1.68. The van der Waals surface area contributed by atoms with Crippen molar-refractivity contribution in [3.63, 3.8) is 0 Å². The van der Waals surface area contributed by atoms with Crippen LogP contribution in [-0.4, -0.2) is 7.05 Å². The Morgan fingerprint density at radius 3 is 2.71 bits per heavy atom. The van der Waals surface area contributed by atoms with Gasteiger partial charge in [0.15, 0.2) is 0 Å². The molecule has 0 fully saturated rings. The maximum absolute atomic E-state index is 5.34. The van der Waals surface area contributed by atoms with Crippen molar-refractivity contribution in [2.75, 3.05) is 7.05 Å². The molecule has 0 aliphatic carbocycles. The normalized spacial score (nSPS) is 12.1. The highest BCUT2D eigenvalue weighted by Crippen LogP contribution is 2.20. The van der Waals surface area contributed by atoms with Crippen LogP contribution in [0.15, 0.2) is 24.3 Å². The lowest BCUT2D eigenvalue weighted by Gasteiger charge is -2.17. The van der Waals surface area contributed by atoms with Crippen molar-refractivity contribution in [3.8, 4) is 12.3 Å². The van der Waals surface area contributed by atoms with E-state index in [1.165, 1.54) is 11.1 Å². The first-order chi connectivity index (χ1) is 6.83. The van der Waals surface area contributed by atoms with Gasteiger partial charge in [-0.15, -0.1) is 12.3 Å². The zero-order chi connectivity index (χ0) is 10.4. The van der Waals surface area contributed by atoms with E-state index in [1.807, 2.05) is 7.05 Å². The van der Waals surface area contributed by atoms with Crippen molar-refractivity contribution in [2.24, 2.45) is 0 Å². The molecule has 0 amide bonds. The van der Waals surface area contributed by atoms with E-state index in [0.717, 1.165) is 12.8 Å². The average molecular weight is 187 g/mol. The molecule has 0 aliphatic rings. The number of rotatable bonds is 4. The fourth-order valence-electron chi connectivity index (χ4n) is 1.68. The summed E-state index contributed by atoms with van der Waals surface area (Å²) in [6.45, 7) is 2.17. The van der Waals surface area contributed by atoms with Crippen LogP contribution in [0, 0.1) is 12.3 Å². The third kappa shape index (κ3) is 2.37. The molecule has 0 radical (unpaired) electrons. The van der Waals surface area contributed by atoms with Crippen LogP contribution in [0.25, 0.3) is 0 Å². The van der Waals surface area contributed by atoms with Gasteiger partial charge >= 0.3 is 0 Å². The summed E-state index contributed by atoms with van der Waals surface area (Å²) < 4.78 is 0. The molecule has 0 heterocycles. The monoisotopic (exact) mass is 187 g/mol. The van der Waals surface area contributed by atoms with Gasteiger partial charge in [0.05, 0.1) is 0 Å². The fraction of sp³-hybridized carbons (Fsp3) is 0.385. The van der Waals surface area contributed by atoms with E-state index in [0.29, 0.717) is 0 Å². The van der Waals surface area contributed by atoms with E-state index in [1.54, 1.807) is 0 Å². The summed E-state index contributed by atoms with van der Waals surface area (Å²) in [6, 6.07) is 8.74. The lowest BCUT2D eigenvalue weighted by Crippen LogP contribution is -2.17. The number of aryl methyl sites for hydroxylation is 1. The van der Waals surface area contributed by atoms with Gasteiger partial charge in [0.25, 0.3) is 0 Å². The van der Waals surface area contributed by atoms with Crippen LogP contribution in [0.3, 0.4) is 0 Å². The molecule has 74 valence electrons. The predicted molar refractivity (Wildman–Crippen MR) is 61.1 cm³/mol. The molecule has 1 rings (SSSR count). The molecule has 0 saturated carbocycles. The third-order valence-electron chi connectivity index (χ3n) is 2.48. The Bertz CT molecular complexity index is 322. The zero-order valence-corrected chi connectivity index (χ0v) is 8.88. The van der Waals surface area contributed by atoms with Gasteiger partial charge in [-0.05, 0) is 24.6 Å². The third-order valence-corrected chi connectivity index (χ3v) is 2.48. The molecule has 1 unspecified atom stereocenters. The highest BCUT2D eigenvalue weighted by Gasteiger charge is 2.10. The molecule has 1 atom stereocenters. The predicted octanol–water partition coefficient (Wildman–Crippen LogP) is 2.53. The second kappa shape index (κ2) is 5.47. The smallest absolute Gasteiger partial charge is 0.0431 e. The van der Waals surface area contributed by atoms with Crippen LogP contribution >= 0.6 is 0 Å². The molecule has 0 bridgehead atoms. The highest BCUT2D eigenvalue weighted by molar-refractivity contribution is 5.30. The topological polar surface area (TPSA) is 12.0 Å². The largest absolute Gasteiger partial charge is 0.312 e. The van der Waals surface area contributed by atoms with Gasteiger partial charge in [-0.3, -0.25) is 0 Å². The minimum Gasteiger partial charge on any atom is -0.312 e. The summed E-state index contributed by atoms with van der Waals surface area (Å²) in [7, 11) is 1.95. The summed E-state index contributed by atoms with van der Waals surface area (Å²) in [5.74, 6) is 2.71. The number of terminal acetylenes is 1. The number of benzene rings is 1. The standard InChI is InChI=1S/C13H17N/c1-4-8-13(14-3)12-10-7-6-9-11(12)5-2/h1,6-7,9-10,13-14H,5,8H2,2-3H3. The van der Waals surface area contributed by atoms with Crippen LogP contribution in [-0.2, 0) is 6.42 Å². The molecule has 1 nitrogen and oxygen atoms in total. The molecule has 0 spiro atoms. The first-order valence-electron chi connectivity index (χ1n) is 5.02. The van der Waals surface area contributed by atoms with E-state index in [9.17, 15) is 0 Å². The lowest BCUT2D eigenvalue weighted by molar-refractivity contribution is 0.606. The summed E-state index contributed by atoms with van der Waals surface area (Å²) in [5, 5.41) is 3.25. The van der Waals surface area contributed by atoms with Gasteiger partial charge in [0.2, 0.25) is 0 Å². The number of hydrogen-bond donors (Lipinski definition) is 1. The van der Waals surface area contributed by atoms with Crippen LogP contribution in [0.1, 0.15) is 30.5 Å². The molecule has 0 aliphatic heterocycles. The molecule has 1 aromatic carbocycles. The Morgan fingerprint density at radius 1 is 1.43 bits per heavy atom. The minimum absolute atomic E-state index is 0.288. The Morgan fingerprint density at radius 2 is 2.14 bits per heavy atom. The lowest BCUT2D eigenvalue weighted by atomic mass is 9.97. The average Bonchev–Trinajstić information content (AvgIpc) is 2.26. The summed E-state index contributed by atoms with van der Waals surface area (Å²) in [6.07, 6.45) is 7.14. The molecule has 14 heavy (non-hydrogen) atoms. The van der Waals surface area contributed by atoms with Gasteiger partial charge in [-0.25, -0.2) is 0 Å². The second-order valence-electron chi connectivity index (χ2n) is 3.30. The van der Waals surface area contributed by atoms with Crippen LogP contribution in [0.4, 0.5) is 0 Å². The Kier molecular flexibility index (Phi) is 4.22. The Balaban J connectivity index is 2.97. The first kappa shape index (κ1) is 10.8. The summed E-state index contributed by atoms with van der Waals surface area (Å²) >= 11 is 0. The van der Waals surface area contributed by atoms with Crippen molar-refractivity contribution in [1.29, 1.82) is 0 Å². The number of nitrogens with one attached hydrogen (secondary N) is 1. The van der Waals surface area contributed by atoms with Gasteiger partial charge in [-0.1, -0.05) is 31.2 Å². The molecule has 0 aromatic heterocycles. The van der Waals surface area contributed by atoms with Gasteiger partial charge in [0.1, 0.15) is 0 Å². The van der Waals surface area contributed by atoms with Gasteiger partial charge in [-0.2, -0.15) is 0 Å². The van der Waals surface area contributed by atoms with Gasteiger partial charge in [0, 0.05) is 12.5 Å². The van der Waals surface area contributed by atoms with Crippen LogP contribution in [0.5, 0.6) is 0 Å². The Hall–Kier alpha value is -1.26. The van der Waals surface area contributed by atoms with Gasteiger partial charge < -0.3 is 5.32 Å². The molecule has 1 aromatic rings. The van der Waals surface area contributed by atoms with Crippen molar-refractivity contribution in [1.82, 2.24) is 5.32 Å². The van der Waals surface area contributed by atoms with Crippen molar-refractivity contribution < 1.29 is 0 Å². The molecule has 0 saturated heterocycles. The molecular formula is C13H17N. The van der Waals surface area contributed by atoms with Crippen LogP contribution in [0.2, 0.25) is 0 Å². The maximum Gasteiger partial charge on any atom is 0.0431 e. The summed E-state index contributed by atoms with van der Waals surface area (Å²) in [4.78, 5) is 0. The quantitative estimate of drug-likeness (QED) is 0.714. The van der Waals surface area contributed by atoms with Crippen molar-refractivity contribution >= 4 is 0 Å². The highest BCUT2D eigenvalue weighted by atomic mass is 14.9. The number of hydrogen-bond acceptors (Lipinski definition) is 1. The second-order valence-corrected chi connectivity index (χ2v) is 3.30. The van der Waals surface area contributed by atoms with Crippen LogP contribution < -0.4 is 5.32 Å². The molecule has 1 heteroatoms. The van der Waals surface area contributed by atoms with Crippen molar-refractivity contribution in [3.05, 3.63) is 35.4 Å².